The number of hydrogen-bond donors (Lipinski definition) is 2. The Morgan fingerprint density at radius 1 is 1.24 bits per heavy atom. The first kappa shape index (κ1) is 14.3. The molecule has 2 N–H and O–H groups in total. The maximum Gasteiger partial charge on any atom is 0.315 e. The Labute approximate surface area is 124 Å². The maximum atomic E-state index is 11.8. The zero-order chi connectivity index (χ0) is 14.7. The third-order valence-electron chi connectivity index (χ3n) is 3.99. The Kier molecular flexibility index (Phi) is 4.38. The molecule has 0 aromatic carbocycles. The minimum Gasteiger partial charge on any atom is -0.408 e. The summed E-state index contributed by atoms with van der Waals surface area (Å²) in [6, 6.07) is 1.30. The molecule has 1 aromatic heterocycles. The summed E-state index contributed by atoms with van der Waals surface area (Å²) in [6.45, 7) is 4.35. The smallest absolute Gasteiger partial charge is 0.315 e. The Bertz CT molecular complexity index is 477. The number of aryl methyl sites for hydroxylation is 1. The molecule has 0 radical (unpaired) electrons. The summed E-state index contributed by atoms with van der Waals surface area (Å²) in [5.74, 6) is 0.820. The molecule has 7 heteroatoms. The van der Waals surface area contributed by atoms with Gasteiger partial charge >= 0.3 is 6.01 Å². The van der Waals surface area contributed by atoms with Crippen molar-refractivity contribution in [2.45, 2.75) is 51.1 Å². The van der Waals surface area contributed by atoms with Crippen LogP contribution in [0.5, 0.6) is 0 Å². The summed E-state index contributed by atoms with van der Waals surface area (Å²) >= 11 is 0. The van der Waals surface area contributed by atoms with E-state index in [1.54, 1.807) is 0 Å². The van der Waals surface area contributed by atoms with Crippen molar-refractivity contribution in [2.24, 2.45) is 0 Å². The summed E-state index contributed by atoms with van der Waals surface area (Å²) in [5.41, 5.74) is 0. The fourth-order valence-corrected chi connectivity index (χ4v) is 2.57. The van der Waals surface area contributed by atoms with Gasteiger partial charge in [-0.2, -0.15) is 0 Å². The van der Waals surface area contributed by atoms with Crippen LogP contribution < -0.4 is 10.6 Å². The quantitative estimate of drug-likeness (QED) is 0.807. The minimum atomic E-state index is 0.161. The van der Waals surface area contributed by atoms with Crippen molar-refractivity contribution in [1.82, 2.24) is 20.4 Å². The van der Waals surface area contributed by atoms with Gasteiger partial charge in [-0.25, -0.2) is 0 Å². The lowest BCUT2D eigenvalue weighted by Gasteiger charge is -2.31. The van der Waals surface area contributed by atoms with E-state index in [0.29, 0.717) is 30.5 Å². The van der Waals surface area contributed by atoms with Gasteiger partial charge in [0.25, 0.3) is 0 Å². The van der Waals surface area contributed by atoms with Gasteiger partial charge in [0.1, 0.15) is 0 Å². The Balaban J connectivity index is 1.38. The maximum absolute atomic E-state index is 11.8. The topological polar surface area (TPSA) is 83.3 Å². The molecule has 0 bridgehead atoms. The molecule has 1 aromatic rings. The van der Waals surface area contributed by atoms with E-state index in [2.05, 4.69) is 25.7 Å². The van der Waals surface area contributed by atoms with Crippen LogP contribution in [-0.4, -0.2) is 52.7 Å². The highest BCUT2D eigenvalue weighted by Crippen LogP contribution is 2.19. The zero-order valence-electron chi connectivity index (χ0n) is 12.5. The molecular weight excluding hydrogens is 270 g/mol. The number of nitrogens with zero attached hydrogens (tertiary/aromatic N) is 3. The molecule has 0 spiro atoms. The second kappa shape index (κ2) is 6.43. The molecule has 1 aliphatic carbocycles. The lowest BCUT2D eigenvalue weighted by atomic mass is 10.1. The van der Waals surface area contributed by atoms with E-state index in [4.69, 9.17) is 4.42 Å². The van der Waals surface area contributed by atoms with E-state index >= 15 is 0 Å². The number of anilines is 1. The summed E-state index contributed by atoms with van der Waals surface area (Å²) in [4.78, 5) is 14.0. The zero-order valence-corrected chi connectivity index (χ0v) is 12.5. The number of hydrogen-bond acceptors (Lipinski definition) is 6. The van der Waals surface area contributed by atoms with Gasteiger partial charge in [0.2, 0.25) is 11.8 Å². The number of carbonyl (C=O) groups is 1. The number of nitrogens with one attached hydrogen (secondary N) is 2. The van der Waals surface area contributed by atoms with Crippen LogP contribution in [-0.2, 0) is 11.2 Å². The molecule has 7 nitrogen and oxygen atoms in total. The molecule has 1 saturated carbocycles. The first-order valence-electron chi connectivity index (χ1n) is 7.83. The first-order chi connectivity index (χ1) is 10.2. The van der Waals surface area contributed by atoms with Gasteiger partial charge in [-0.15, -0.1) is 5.10 Å². The van der Waals surface area contributed by atoms with Gasteiger partial charge in [0, 0.05) is 31.6 Å². The highest BCUT2D eigenvalue weighted by molar-refractivity contribution is 5.78. The van der Waals surface area contributed by atoms with E-state index in [1.807, 2.05) is 6.92 Å². The van der Waals surface area contributed by atoms with Crippen LogP contribution in [0, 0.1) is 0 Å². The summed E-state index contributed by atoms with van der Waals surface area (Å²) in [5, 5.41) is 14.2. The van der Waals surface area contributed by atoms with Crippen molar-refractivity contribution in [3.63, 3.8) is 0 Å². The predicted molar refractivity (Wildman–Crippen MR) is 77.9 cm³/mol. The third kappa shape index (κ3) is 4.17. The number of rotatable bonds is 6. The molecule has 21 heavy (non-hydrogen) atoms. The average Bonchev–Trinajstić information content (AvgIpc) is 3.17. The lowest BCUT2D eigenvalue weighted by molar-refractivity contribution is -0.122. The Morgan fingerprint density at radius 3 is 2.62 bits per heavy atom. The number of aromatic nitrogens is 2. The van der Waals surface area contributed by atoms with Crippen molar-refractivity contribution in [3.05, 3.63) is 5.89 Å². The molecule has 1 amide bonds. The van der Waals surface area contributed by atoms with Crippen LogP contribution in [0.25, 0.3) is 0 Å². The number of carbonyl (C=O) groups excluding carboxylic acids is 1. The van der Waals surface area contributed by atoms with E-state index in [9.17, 15) is 4.79 Å². The van der Waals surface area contributed by atoms with Gasteiger partial charge < -0.3 is 15.1 Å². The number of amides is 1. The molecule has 2 heterocycles. The molecular formula is C14H23N5O2. The van der Waals surface area contributed by atoms with Crippen molar-refractivity contribution >= 4 is 11.9 Å². The first-order valence-corrected chi connectivity index (χ1v) is 7.83. The van der Waals surface area contributed by atoms with Crippen molar-refractivity contribution in [1.29, 1.82) is 0 Å². The monoisotopic (exact) mass is 293 g/mol. The summed E-state index contributed by atoms with van der Waals surface area (Å²) in [6.07, 6.45) is 5.01. The van der Waals surface area contributed by atoms with Gasteiger partial charge in [-0.1, -0.05) is 12.0 Å². The van der Waals surface area contributed by atoms with Gasteiger partial charge in [0.15, 0.2) is 0 Å². The van der Waals surface area contributed by atoms with E-state index < -0.39 is 0 Å². The third-order valence-corrected chi connectivity index (χ3v) is 3.99. The normalized spacial score (nSPS) is 20.4. The largest absolute Gasteiger partial charge is 0.408 e. The fraction of sp³-hybridized carbons (Fsp3) is 0.786. The number of piperidine rings is 1. The summed E-state index contributed by atoms with van der Waals surface area (Å²) in [7, 11) is 0. The molecule has 0 atom stereocenters. The van der Waals surface area contributed by atoms with Crippen molar-refractivity contribution < 1.29 is 9.21 Å². The molecule has 0 unspecified atom stereocenters. The predicted octanol–water partition coefficient (Wildman–Crippen LogP) is 0.787. The van der Waals surface area contributed by atoms with Crippen molar-refractivity contribution in [3.8, 4) is 0 Å². The number of likely N-dealkylation sites (tertiary alicyclic amines) is 1. The second-order valence-electron chi connectivity index (χ2n) is 5.89. The van der Waals surface area contributed by atoms with Crippen LogP contribution in [0.2, 0.25) is 0 Å². The van der Waals surface area contributed by atoms with Crippen molar-refractivity contribution in [2.75, 3.05) is 25.0 Å². The van der Waals surface area contributed by atoms with Crippen LogP contribution in [0.1, 0.15) is 38.5 Å². The molecule has 2 fully saturated rings. The van der Waals surface area contributed by atoms with Crippen LogP contribution in [0.15, 0.2) is 4.42 Å². The lowest BCUT2D eigenvalue weighted by Crippen LogP contribution is -2.44. The van der Waals surface area contributed by atoms with E-state index in [0.717, 1.165) is 45.2 Å². The van der Waals surface area contributed by atoms with Crippen LogP contribution >= 0.6 is 0 Å². The fourth-order valence-electron chi connectivity index (χ4n) is 2.57. The SMILES string of the molecule is CCc1nnc(NC2CCN(CC(=O)NC3CC3)CC2)o1. The minimum absolute atomic E-state index is 0.161. The average molecular weight is 293 g/mol. The van der Waals surface area contributed by atoms with Crippen LogP contribution in [0.4, 0.5) is 6.01 Å². The Morgan fingerprint density at radius 2 is 2.00 bits per heavy atom. The van der Waals surface area contributed by atoms with Gasteiger partial charge in [-0.05, 0) is 25.7 Å². The highest BCUT2D eigenvalue weighted by Gasteiger charge is 2.26. The molecule has 2 aliphatic rings. The molecule has 1 saturated heterocycles. The molecule has 3 rings (SSSR count). The van der Waals surface area contributed by atoms with E-state index in [-0.39, 0.29) is 5.91 Å². The molecule has 1 aliphatic heterocycles. The van der Waals surface area contributed by atoms with Gasteiger partial charge in [-0.3, -0.25) is 9.69 Å². The standard InChI is InChI=1S/C14H23N5O2/c1-2-13-17-18-14(21-13)16-11-5-7-19(8-6-11)9-12(20)15-10-3-4-10/h10-11H,2-9H2,1H3,(H,15,20)(H,16,18). The molecule has 116 valence electrons. The van der Waals surface area contributed by atoms with Gasteiger partial charge in [0.05, 0.1) is 6.54 Å². The highest BCUT2D eigenvalue weighted by atomic mass is 16.4. The summed E-state index contributed by atoms with van der Waals surface area (Å²) < 4.78 is 5.47. The van der Waals surface area contributed by atoms with Crippen LogP contribution in [0.3, 0.4) is 0 Å². The second-order valence-corrected chi connectivity index (χ2v) is 5.89. The van der Waals surface area contributed by atoms with E-state index in [1.165, 1.54) is 0 Å². The Hall–Kier alpha value is -1.63.